The molecule has 0 saturated carbocycles. The molecule has 11 aromatic rings. The van der Waals surface area contributed by atoms with Crippen molar-refractivity contribution in [3.8, 4) is 33.6 Å². The van der Waals surface area contributed by atoms with Crippen molar-refractivity contribution in [1.29, 1.82) is 0 Å². The molecule has 0 bridgehead atoms. The second-order valence-corrected chi connectivity index (χ2v) is 13.3. The number of para-hydroxylation sites is 4. The highest BCUT2D eigenvalue weighted by atomic mass is 16.3. The van der Waals surface area contributed by atoms with Gasteiger partial charge in [0.2, 0.25) is 0 Å². The summed E-state index contributed by atoms with van der Waals surface area (Å²) < 4.78 is 11.2. The van der Waals surface area contributed by atoms with Crippen LogP contribution in [-0.4, -0.2) is 9.13 Å². The van der Waals surface area contributed by atoms with Gasteiger partial charge in [0, 0.05) is 43.6 Å². The van der Waals surface area contributed by atoms with Gasteiger partial charge in [-0.3, -0.25) is 0 Å². The Morgan fingerprint density at radius 3 is 1.55 bits per heavy atom. The summed E-state index contributed by atoms with van der Waals surface area (Å²) in [4.78, 5) is 0. The molecule has 0 aliphatic rings. The van der Waals surface area contributed by atoms with Gasteiger partial charge in [-0.1, -0.05) is 115 Å². The van der Waals surface area contributed by atoms with Crippen LogP contribution in [0.25, 0.3) is 99.2 Å². The summed E-state index contributed by atoms with van der Waals surface area (Å²) >= 11 is 0. The molecule has 3 nitrogen and oxygen atoms in total. The molecule has 0 aliphatic carbocycles. The molecule has 0 amide bonds. The lowest BCUT2D eigenvalue weighted by atomic mass is 9.97. The second-order valence-electron chi connectivity index (χ2n) is 13.3. The Labute approximate surface area is 293 Å². The second kappa shape index (κ2) is 10.8. The molecular weight excluding hydrogens is 621 g/mol. The largest absolute Gasteiger partial charge is 0.456 e. The van der Waals surface area contributed by atoms with Crippen LogP contribution >= 0.6 is 0 Å². The predicted octanol–water partition coefficient (Wildman–Crippen LogP) is 13.1. The first kappa shape index (κ1) is 28.0. The van der Waals surface area contributed by atoms with E-state index in [1.807, 2.05) is 6.07 Å². The van der Waals surface area contributed by atoms with E-state index in [4.69, 9.17) is 4.42 Å². The van der Waals surface area contributed by atoms with Gasteiger partial charge >= 0.3 is 0 Å². The molecule has 238 valence electrons. The first-order valence-corrected chi connectivity index (χ1v) is 17.4. The van der Waals surface area contributed by atoms with E-state index in [-0.39, 0.29) is 0 Å². The quantitative estimate of drug-likeness (QED) is 0.186. The lowest BCUT2D eigenvalue weighted by Gasteiger charge is -2.15. The number of furan rings is 1. The maximum absolute atomic E-state index is 6.40. The number of nitrogens with zero attached hydrogens (tertiary/aromatic N) is 2. The van der Waals surface area contributed by atoms with Crippen molar-refractivity contribution in [3.05, 3.63) is 182 Å². The summed E-state index contributed by atoms with van der Waals surface area (Å²) in [5.41, 5.74) is 13.6. The zero-order chi connectivity index (χ0) is 33.5. The van der Waals surface area contributed by atoms with E-state index >= 15 is 0 Å². The molecule has 8 aromatic carbocycles. The first-order valence-electron chi connectivity index (χ1n) is 17.4. The van der Waals surface area contributed by atoms with Gasteiger partial charge in [-0.15, -0.1) is 0 Å². The van der Waals surface area contributed by atoms with Crippen molar-refractivity contribution in [1.82, 2.24) is 9.13 Å². The molecule has 0 atom stereocenters. The van der Waals surface area contributed by atoms with Crippen molar-refractivity contribution in [2.45, 2.75) is 0 Å². The van der Waals surface area contributed by atoms with Gasteiger partial charge in [0.1, 0.15) is 11.2 Å². The van der Waals surface area contributed by atoms with Crippen LogP contribution in [0.4, 0.5) is 0 Å². The van der Waals surface area contributed by atoms with Gasteiger partial charge in [0.25, 0.3) is 0 Å². The van der Waals surface area contributed by atoms with E-state index < -0.39 is 0 Å². The molecule has 3 heteroatoms. The fourth-order valence-corrected chi connectivity index (χ4v) is 8.31. The van der Waals surface area contributed by atoms with Crippen molar-refractivity contribution in [2.24, 2.45) is 0 Å². The van der Waals surface area contributed by atoms with Crippen LogP contribution < -0.4 is 0 Å². The van der Waals surface area contributed by atoms with Crippen LogP contribution in [0.1, 0.15) is 0 Å². The van der Waals surface area contributed by atoms with Crippen molar-refractivity contribution in [2.75, 3.05) is 0 Å². The Morgan fingerprint density at radius 2 is 0.863 bits per heavy atom. The Morgan fingerprint density at radius 1 is 0.333 bits per heavy atom. The van der Waals surface area contributed by atoms with Crippen molar-refractivity contribution < 1.29 is 4.42 Å². The fourth-order valence-electron chi connectivity index (χ4n) is 8.31. The van der Waals surface area contributed by atoms with Gasteiger partial charge in [0.15, 0.2) is 0 Å². The third kappa shape index (κ3) is 4.12. The van der Waals surface area contributed by atoms with Crippen molar-refractivity contribution >= 4 is 65.6 Å². The highest BCUT2D eigenvalue weighted by Gasteiger charge is 2.21. The molecule has 0 fully saturated rings. The Kier molecular flexibility index (Phi) is 5.96. The van der Waals surface area contributed by atoms with E-state index in [0.29, 0.717) is 0 Å². The Balaban J connectivity index is 1.16. The number of fused-ring (bicyclic) bond motifs is 9. The van der Waals surface area contributed by atoms with Gasteiger partial charge in [0.05, 0.1) is 27.8 Å². The standard InChI is InChI=1S/C48H30N2O/c1-3-13-31(14-4-1)47-44(27-28-46-48(47)37-19-9-12-22-45(37)51-46)50-41-21-11-8-18-36(41)39-30-33(24-26-43(39)50)32-23-25-42-38(29-32)35-17-7-10-20-40(35)49(42)34-15-5-2-6-16-34/h1-30H. The third-order valence-corrected chi connectivity index (χ3v) is 10.5. The molecule has 0 N–H and O–H groups in total. The Bertz CT molecular complexity index is 3130. The highest BCUT2D eigenvalue weighted by molar-refractivity contribution is 6.17. The van der Waals surface area contributed by atoms with Gasteiger partial charge in [-0.05, 0) is 83.4 Å². The molecule has 0 aliphatic heterocycles. The molecule has 51 heavy (non-hydrogen) atoms. The van der Waals surface area contributed by atoms with Gasteiger partial charge in [-0.2, -0.15) is 0 Å². The lowest BCUT2D eigenvalue weighted by molar-refractivity contribution is 0.669. The minimum absolute atomic E-state index is 0.894. The molecule has 3 heterocycles. The molecule has 3 aromatic heterocycles. The van der Waals surface area contributed by atoms with Crippen LogP contribution in [0.2, 0.25) is 0 Å². The van der Waals surface area contributed by atoms with E-state index in [1.165, 1.54) is 66.0 Å². The number of aromatic nitrogens is 2. The van der Waals surface area contributed by atoms with Crippen LogP contribution in [0.15, 0.2) is 186 Å². The number of benzene rings is 8. The number of rotatable bonds is 4. The van der Waals surface area contributed by atoms with E-state index in [1.54, 1.807) is 0 Å². The summed E-state index contributed by atoms with van der Waals surface area (Å²) in [5, 5.41) is 7.23. The SMILES string of the molecule is c1ccc(-c2c(-n3c4ccccc4c4cc(-c5ccc6c(c5)c5ccccc5n6-c5ccccc5)ccc43)ccc3oc4ccccc4c23)cc1. The number of hydrogen-bond donors (Lipinski definition) is 0. The summed E-state index contributed by atoms with van der Waals surface area (Å²) in [6, 6.07) is 65.5. The molecular formula is C48H30N2O. The summed E-state index contributed by atoms with van der Waals surface area (Å²) in [6.45, 7) is 0. The fraction of sp³-hybridized carbons (Fsp3) is 0. The first-order chi connectivity index (χ1) is 25.3. The van der Waals surface area contributed by atoms with Gasteiger partial charge in [-0.25, -0.2) is 0 Å². The van der Waals surface area contributed by atoms with E-state index in [0.717, 1.165) is 33.2 Å². The topological polar surface area (TPSA) is 23.0 Å². The smallest absolute Gasteiger partial charge is 0.136 e. The molecule has 0 spiro atoms. The minimum atomic E-state index is 0.894. The molecule has 0 radical (unpaired) electrons. The average Bonchev–Trinajstić information content (AvgIpc) is 3.85. The zero-order valence-electron chi connectivity index (χ0n) is 27.6. The van der Waals surface area contributed by atoms with Crippen LogP contribution in [-0.2, 0) is 0 Å². The summed E-state index contributed by atoms with van der Waals surface area (Å²) in [5.74, 6) is 0. The zero-order valence-corrected chi connectivity index (χ0v) is 27.6. The maximum atomic E-state index is 6.40. The number of hydrogen-bond acceptors (Lipinski definition) is 1. The van der Waals surface area contributed by atoms with E-state index in [2.05, 4.69) is 185 Å². The van der Waals surface area contributed by atoms with E-state index in [9.17, 15) is 0 Å². The lowest BCUT2D eigenvalue weighted by Crippen LogP contribution is -1.98. The maximum Gasteiger partial charge on any atom is 0.136 e. The van der Waals surface area contributed by atoms with Crippen LogP contribution in [0, 0.1) is 0 Å². The average molecular weight is 651 g/mol. The molecule has 0 unspecified atom stereocenters. The van der Waals surface area contributed by atoms with Crippen molar-refractivity contribution in [3.63, 3.8) is 0 Å². The van der Waals surface area contributed by atoms with Crippen LogP contribution in [0.5, 0.6) is 0 Å². The van der Waals surface area contributed by atoms with Gasteiger partial charge < -0.3 is 13.6 Å². The monoisotopic (exact) mass is 650 g/mol. The summed E-state index contributed by atoms with van der Waals surface area (Å²) in [7, 11) is 0. The Hall–Kier alpha value is -6.84. The van der Waals surface area contributed by atoms with Crippen LogP contribution in [0.3, 0.4) is 0 Å². The minimum Gasteiger partial charge on any atom is -0.456 e. The summed E-state index contributed by atoms with van der Waals surface area (Å²) in [6.07, 6.45) is 0. The predicted molar refractivity (Wildman–Crippen MR) is 213 cm³/mol. The normalized spacial score (nSPS) is 11.9. The third-order valence-electron chi connectivity index (χ3n) is 10.5. The molecule has 0 saturated heterocycles. The highest BCUT2D eigenvalue weighted by Crippen LogP contribution is 2.44. The molecule has 11 rings (SSSR count).